The molecule has 1 aromatic carbocycles. The molecule has 0 saturated carbocycles. The van der Waals surface area contributed by atoms with Gasteiger partial charge >= 0.3 is 0 Å². The van der Waals surface area contributed by atoms with Crippen LogP contribution >= 0.6 is 0 Å². The average Bonchev–Trinajstić information content (AvgIpc) is 3.26. The number of aliphatic hydroxyl groups is 2. The lowest BCUT2D eigenvalue weighted by Gasteiger charge is -2.19. The fourth-order valence-corrected chi connectivity index (χ4v) is 3.48. The molecule has 4 rings (SSSR count). The quantitative estimate of drug-likeness (QED) is 0.309. The first kappa shape index (κ1) is 22.6. The number of aliphatic hydroxyl groups excluding tert-OH is 2. The third-order valence-electron chi connectivity index (χ3n) is 5.45. The molecule has 0 aliphatic heterocycles. The highest BCUT2D eigenvalue weighted by Gasteiger charge is 2.19. The number of aromatic nitrogens is 5. The van der Waals surface area contributed by atoms with Gasteiger partial charge in [-0.05, 0) is 38.5 Å². The van der Waals surface area contributed by atoms with E-state index in [0.29, 0.717) is 29.5 Å². The van der Waals surface area contributed by atoms with E-state index >= 15 is 0 Å². The van der Waals surface area contributed by atoms with Crippen LogP contribution in [0.2, 0.25) is 0 Å². The molecule has 2 atom stereocenters. The van der Waals surface area contributed by atoms with Gasteiger partial charge in [0.25, 0.3) is 0 Å². The molecule has 0 bridgehead atoms. The van der Waals surface area contributed by atoms with E-state index in [0.717, 1.165) is 16.8 Å². The highest BCUT2D eigenvalue weighted by Crippen LogP contribution is 2.25. The Bertz CT molecular complexity index is 1190. The predicted octanol–water partition coefficient (Wildman–Crippen LogP) is 3.23. The fraction of sp³-hybridized carbons (Fsp3) is 0.333. The second-order valence-electron chi connectivity index (χ2n) is 8.25. The number of benzene rings is 1. The molecule has 9 heteroatoms. The second-order valence-corrected chi connectivity index (χ2v) is 8.25. The van der Waals surface area contributed by atoms with Crippen LogP contribution in [0.25, 0.3) is 22.4 Å². The number of nitrogens with one attached hydrogen (secondary N) is 2. The Balaban J connectivity index is 1.59. The lowest BCUT2D eigenvalue weighted by molar-refractivity contribution is 0.132. The van der Waals surface area contributed by atoms with Gasteiger partial charge < -0.3 is 25.4 Å². The number of hydrogen-bond acceptors (Lipinski definition) is 8. The summed E-state index contributed by atoms with van der Waals surface area (Å²) in [5.41, 5.74) is 4.41. The molecule has 0 aliphatic rings. The van der Waals surface area contributed by atoms with Crippen LogP contribution < -0.4 is 10.6 Å². The first-order valence-corrected chi connectivity index (χ1v) is 11.0. The molecule has 9 nitrogen and oxygen atoms in total. The summed E-state index contributed by atoms with van der Waals surface area (Å²) in [5.74, 6) is 0.899. The van der Waals surface area contributed by atoms with Crippen molar-refractivity contribution in [3.8, 4) is 11.3 Å². The number of imidazole rings is 1. The summed E-state index contributed by atoms with van der Waals surface area (Å²) in [4.78, 5) is 18.1. The van der Waals surface area contributed by atoms with Crippen LogP contribution in [0.15, 0.2) is 55.0 Å². The largest absolute Gasteiger partial charge is 0.394 e. The van der Waals surface area contributed by atoms with Crippen LogP contribution in [0.4, 0.5) is 11.8 Å². The van der Waals surface area contributed by atoms with Crippen LogP contribution in [0.5, 0.6) is 0 Å². The lowest BCUT2D eigenvalue weighted by atomic mass is 10.1. The van der Waals surface area contributed by atoms with Crippen molar-refractivity contribution >= 4 is 22.9 Å². The summed E-state index contributed by atoms with van der Waals surface area (Å²) in [5, 5.41) is 25.9. The third kappa shape index (κ3) is 5.10. The van der Waals surface area contributed by atoms with E-state index in [9.17, 15) is 10.2 Å². The Morgan fingerprint density at radius 1 is 1.00 bits per heavy atom. The van der Waals surface area contributed by atoms with Gasteiger partial charge in [-0.3, -0.25) is 4.98 Å². The highest BCUT2D eigenvalue weighted by atomic mass is 16.3. The Labute approximate surface area is 192 Å². The van der Waals surface area contributed by atoms with Gasteiger partial charge in [0, 0.05) is 24.3 Å². The zero-order chi connectivity index (χ0) is 23.4. The van der Waals surface area contributed by atoms with Crippen LogP contribution in [-0.4, -0.2) is 53.5 Å². The van der Waals surface area contributed by atoms with E-state index in [1.165, 1.54) is 0 Å². The van der Waals surface area contributed by atoms with Crippen molar-refractivity contribution in [3.63, 3.8) is 0 Å². The Hall–Kier alpha value is -3.56. The number of rotatable bonds is 9. The molecule has 172 valence electrons. The van der Waals surface area contributed by atoms with Crippen molar-refractivity contribution < 1.29 is 10.2 Å². The minimum absolute atomic E-state index is 0.162. The zero-order valence-electron chi connectivity index (χ0n) is 19.0. The van der Waals surface area contributed by atoms with Gasteiger partial charge in [0.2, 0.25) is 5.95 Å². The van der Waals surface area contributed by atoms with Crippen LogP contribution in [0.3, 0.4) is 0 Å². The van der Waals surface area contributed by atoms with Gasteiger partial charge in [0.05, 0.1) is 30.8 Å². The first-order chi connectivity index (χ1) is 16.0. The van der Waals surface area contributed by atoms with Crippen LogP contribution in [-0.2, 0) is 6.54 Å². The normalized spacial score (nSPS) is 13.3. The molecule has 0 fully saturated rings. The molecule has 2 unspecified atom stereocenters. The molecule has 3 aromatic heterocycles. The lowest BCUT2D eigenvalue weighted by Crippen LogP contribution is -2.35. The van der Waals surface area contributed by atoms with Gasteiger partial charge in [0.1, 0.15) is 0 Å². The smallest absolute Gasteiger partial charge is 0.227 e. The van der Waals surface area contributed by atoms with Gasteiger partial charge in [-0.25, -0.2) is 4.98 Å². The summed E-state index contributed by atoms with van der Waals surface area (Å²) in [6, 6.07) is 13.6. The predicted molar refractivity (Wildman–Crippen MR) is 129 cm³/mol. The van der Waals surface area contributed by atoms with E-state index in [1.54, 1.807) is 19.4 Å². The standard InChI is InChI=1S/C24H29N7O2/c1-15(2)31-14-27-21-22(29-24(30-23(21)31)28-20(13-32)16(3)33)26-12-17-7-9-18(10-8-17)19-6-4-5-11-25-19/h4-11,14-16,20,32-33H,12-13H2,1-3H3,(H2,26,28,29,30). The zero-order valence-corrected chi connectivity index (χ0v) is 19.0. The fourth-order valence-electron chi connectivity index (χ4n) is 3.48. The molecule has 0 radical (unpaired) electrons. The van der Waals surface area contributed by atoms with E-state index in [1.807, 2.05) is 34.9 Å². The van der Waals surface area contributed by atoms with Crippen LogP contribution in [0, 0.1) is 0 Å². The van der Waals surface area contributed by atoms with E-state index < -0.39 is 12.1 Å². The molecular formula is C24H29N7O2. The maximum absolute atomic E-state index is 9.90. The number of anilines is 2. The van der Waals surface area contributed by atoms with Crippen molar-refractivity contribution in [1.82, 2.24) is 24.5 Å². The second kappa shape index (κ2) is 9.93. The summed E-state index contributed by atoms with van der Waals surface area (Å²) in [6.45, 7) is 6.02. The SMILES string of the molecule is CC(O)C(CO)Nc1nc(NCc2ccc(-c3ccccn3)cc2)c2ncn(C(C)C)c2n1. The number of pyridine rings is 1. The minimum atomic E-state index is -0.765. The van der Waals surface area contributed by atoms with Gasteiger partial charge in [0.15, 0.2) is 17.0 Å². The maximum atomic E-state index is 9.90. The van der Waals surface area contributed by atoms with Gasteiger partial charge in [-0.2, -0.15) is 9.97 Å². The molecule has 4 N–H and O–H groups in total. The van der Waals surface area contributed by atoms with Gasteiger partial charge in [-0.15, -0.1) is 0 Å². The maximum Gasteiger partial charge on any atom is 0.227 e. The van der Waals surface area contributed by atoms with Crippen molar-refractivity contribution in [3.05, 3.63) is 60.6 Å². The van der Waals surface area contributed by atoms with E-state index in [2.05, 4.69) is 56.5 Å². The molecule has 0 amide bonds. The Kier molecular flexibility index (Phi) is 6.81. The van der Waals surface area contributed by atoms with E-state index in [4.69, 9.17) is 0 Å². The highest BCUT2D eigenvalue weighted by molar-refractivity contribution is 5.84. The molecular weight excluding hydrogens is 418 g/mol. The molecule has 0 saturated heterocycles. The number of fused-ring (bicyclic) bond motifs is 1. The Morgan fingerprint density at radius 3 is 2.42 bits per heavy atom. The third-order valence-corrected chi connectivity index (χ3v) is 5.45. The molecule has 0 spiro atoms. The van der Waals surface area contributed by atoms with Crippen molar-refractivity contribution in [2.24, 2.45) is 0 Å². The minimum Gasteiger partial charge on any atom is -0.394 e. The topological polar surface area (TPSA) is 121 Å². The molecule has 4 aromatic rings. The van der Waals surface area contributed by atoms with Gasteiger partial charge in [-0.1, -0.05) is 30.3 Å². The summed E-state index contributed by atoms with van der Waals surface area (Å²) in [6.07, 6.45) is 2.77. The van der Waals surface area contributed by atoms with E-state index in [-0.39, 0.29) is 12.6 Å². The molecule has 0 aliphatic carbocycles. The molecule has 3 heterocycles. The summed E-state index contributed by atoms with van der Waals surface area (Å²) < 4.78 is 1.96. The number of nitrogens with zero attached hydrogens (tertiary/aromatic N) is 5. The summed E-state index contributed by atoms with van der Waals surface area (Å²) >= 11 is 0. The van der Waals surface area contributed by atoms with Crippen molar-refractivity contribution in [2.45, 2.75) is 45.5 Å². The molecule has 33 heavy (non-hydrogen) atoms. The van der Waals surface area contributed by atoms with Crippen molar-refractivity contribution in [1.29, 1.82) is 0 Å². The summed E-state index contributed by atoms with van der Waals surface area (Å²) in [7, 11) is 0. The van der Waals surface area contributed by atoms with Crippen LogP contribution in [0.1, 0.15) is 32.4 Å². The van der Waals surface area contributed by atoms with Crippen molar-refractivity contribution in [2.75, 3.05) is 17.2 Å². The number of hydrogen-bond donors (Lipinski definition) is 4. The monoisotopic (exact) mass is 447 g/mol. The average molecular weight is 448 g/mol. The Morgan fingerprint density at radius 2 is 1.79 bits per heavy atom. The first-order valence-electron chi connectivity index (χ1n) is 11.0.